The van der Waals surface area contributed by atoms with Crippen LogP contribution in [-0.4, -0.2) is 36.2 Å². The molecule has 0 aliphatic heterocycles. The van der Waals surface area contributed by atoms with Crippen LogP contribution >= 0.6 is 0 Å². The zero-order valence-corrected chi connectivity index (χ0v) is 15.1. The molecule has 0 atom stereocenters. The third-order valence-electron chi connectivity index (χ3n) is 3.35. The summed E-state index contributed by atoms with van der Waals surface area (Å²) < 4.78 is 52.0. The molecule has 8 heteroatoms. The average Bonchev–Trinajstić information content (AvgIpc) is 2.51. The maximum Gasteiger partial charge on any atom is 0.240 e. The summed E-state index contributed by atoms with van der Waals surface area (Å²) in [5.41, 5.74) is 1.43. The monoisotopic (exact) mass is 368 g/mol. The summed E-state index contributed by atoms with van der Waals surface area (Å²) in [4.78, 5) is 0.145. The second-order valence-electron chi connectivity index (χ2n) is 5.38. The lowest BCUT2D eigenvalue weighted by Gasteiger charge is -2.23. The fraction of sp³-hybridized carbons (Fsp3) is 0.250. The largest absolute Gasteiger partial charge is 0.269 e. The van der Waals surface area contributed by atoms with E-state index in [9.17, 15) is 16.8 Å². The Bertz CT molecular complexity index is 895. The Labute approximate surface area is 143 Å². The number of sulfonamides is 2. The Balaban J connectivity index is 2.12. The van der Waals surface area contributed by atoms with Crippen LogP contribution in [0, 0.1) is 6.92 Å². The van der Waals surface area contributed by atoms with Crippen molar-refractivity contribution in [3.63, 3.8) is 0 Å². The average molecular weight is 368 g/mol. The number of nitrogens with zero attached hydrogens (tertiary/aromatic N) is 1. The molecule has 0 aliphatic rings. The molecule has 0 bridgehead atoms. The van der Waals surface area contributed by atoms with Gasteiger partial charge < -0.3 is 0 Å². The van der Waals surface area contributed by atoms with Crippen molar-refractivity contribution >= 4 is 25.7 Å². The van der Waals surface area contributed by atoms with E-state index >= 15 is 0 Å². The van der Waals surface area contributed by atoms with Crippen LogP contribution in [0.3, 0.4) is 0 Å². The van der Waals surface area contributed by atoms with Gasteiger partial charge in [-0.25, -0.2) is 21.6 Å². The van der Waals surface area contributed by atoms with Crippen LogP contribution in [0.4, 0.5) is 5.69 Å². The first-order valence-electron chi connectivity index (χ1n) is 7.29. The van der Waals surface area contributed by atoms with Gasteiger partial charge in [-0.15, -0.1) is 0 Å². The Kier molecular flexibility index (Phi) is 5.63. The zero-order valence-electron chi connectivity index (χ0n) is 13.5. The topological polar surface area (TPSA) is 83.6 Å². The van der Waals surface area contributed by atoms with Crippen molar-refractivity contribution in [2.75, 3.05) is 23.7 Å². The molecule has 0 unspecified atom stereocenters. The van der Waals surface area contributed by atoms with E-state index in [1.54, 1.807) is 36.4 Å². The van der Waals surface area contributed by atoms with E-state index < -0.39 is 20.0 Å². The number of hydrogen-bond donors (Lipinski definition) is 1. The first-order chi connectivity index (χ1) is 11.2. The molecule has 2 rings (SSSR count). The van der Waals surface area contributed by atoms with Gasteiger partial charge in [-0.1, -0.05) is 30.3 Å². The van der Waals surface area contributed by atoms with Crippen LogP contribution in [0.25, 0.3) is 0 Å². The van der Waals surface area contributed by atoms with Crippen LogP contribution in [0.15, 0.2) is 59.5 Å². The minimum Gasteiger partial charge on any atom is -0.269 e. The highest BCUT2D eigenvalue weighted by atomic mass is 32.2. The van der Waals surface area contributed by atoms with Gasteiger partial charge in [0, 0.05) is 13.1 Å². The van der Waals surface area contributed by atoms with Crippen LogP contribution in [0.2, 0.25) is 0 Å². The molecule has 1 N–H and O–H groups in total. The second kappa shape index (κ2) is 7.33. The summed E-state index contributed by atoms with van der Waals surface area (Å²) in [6.45, 7) is 1.84. The summed E-state index contributed by atoms with van der Waals surface area (Å²) >= 11 is 0. The molecule has 6 nitrogen and oxygen atoms in total. The van der Waals surface area contributed by atoms with Crippen molar-refractivity contribution < 1.29 is 16.8 Å². The van der Waals surface area contributed by atoms with Crippen molar-refractivity contribution in [2.24, 2.45) is 0 Å². The van der Waals surface area contributed by atoms with E-state index in [2.05, 4.69) is 4.72 Å². The van der Waals surface area contributed by atoms with E-state index in [4.69, 9.17) is 0 Å². The number of aryl methyl sites for hydroxylation is 1. The van der Waals surface area contributed by atoms with Crippen LogP contribution in [0.5, 0.6) is 0 Å². The van der Waals surface area contributed by atoms with Crippen molar-refractivity contribution in [1.29, 1.82) is 0 Å². The van der Waals surface area contributed by atoms with Crippen LogP contribution in [-0.2, 0) is 20.0 Å². The van der Waals surface area contributed by atoms with Gasteiger partial charge in [0.05, 0.1) is 16.8 Å². The SMILES string of the molecule is Cc1cccc(N(CCNS(=O)(=O)c2ccccc2)S(C)(=O)=O)c1. The standard InChI is InChI=1S/C16H20N2O4S2/c1-14-7-6-8-15(13-14)18(23(2,19)20)12-11-17-24(21,22)16-9-4-3-5-10-16/h3-10,13,17H,11-12H2,1-2H3. The van der Waals surface area contributed by atoms with Gasteiger partial charge >= 0.3 is 0 Å². The first-order valence-corrected chi connectivity index (χ1v) is 10.6. The number of nitrogens with one attached hydrogen (secondary N) is 1. The normalized spacial score (nSPS) is 12.1. The number of benzene rings is 2. The van der Waals surface area contributed by atoms with E-state index in [-0.39, 0.29) is 18.0 Å². The van der Waals surface area contributed by atoms with Gasteiger partial charge in [-0.2, -0.15) is 0 Å². The third kappa shape index (κ3) is 4.80. The molecule has 0 heterocycles. The van der Waals surface area contributed by atoms with Gasteiger partial charge in [0.1, 0.15) is 0 Å². The third-order valence-corrected chi connectivity index (χ3v) is 6.02. The fourth-order valence-corrected chi connectivity index (χ4v) is 4.20. The molecule has 24 heavy (non-hydrogen) atoms. The smallest absolute Gasteiger partial charge is 0.240 e. The van der Waals surface area contributed by atoms with Crippen molar-refractivity contribution in [1.82, 2.24) is 4.72 Å². The van der Waals surface area contributed by atoms with Crippen LogP contribution in [0.1, 0.15) is 5.56 Å². The van der Waals surface area contributed by atoms with Gasteiger partial charge in [0.2, 0.25) is 20.0 Å². The summed E-state index contributed by atoms with van der Waals surface area (Å²) in [7, 11) is -7.18. The summed E-state index contributed by atoms with van der Waals surface area (Å²) in [5, 5.41) is 0. The minimum absolute atomic E-state index is 0.00828. The summed E-state index contributed by atoms with van der Waals surface area (Å²) in [5.74, 6) is 0. The van der Waals surface area contributed by atoms with E-state index in [0.29, 0.717) is 5.69 Å². The molecule has 0 saturated carbocycles. The highest BCUT2D eigenvalue weighted by molar-refractivity contribution is 7.92. The Morgan fingerprint density at radius 3 is 2.21 bits per heavy atom. The maximum absolute atomic E-state index is 12.2. The molecule has 0 fully saturated rings. The lowest BCUT2D eigenvalue weighted by Crippen LogP contribution is -2.38. The molecule has 130 valence electrons. The number of rotatable bonds is 7. The predicted octanol–water partition coefficient (Wildman–Crippen LogP) is 1.74. The lowest BCUT2D eigenvalue weighted by atomic mass is 10.2. The molecule has 0 spiro atoms. The molecule has 0 aliphatic carbocycles. The van der Waals surface area contributed by atoms with Gasteiger partial charge in [-0.05, 0) is 36.8 Å². The maximum atomic E-state index is 12.2. The highest BCUT2D eigenvalue weighted by Gasteiger charge is 2.19. The predicted molar refractivity (Wildman–Crippen MR) is 95.0 cm³/mol. The first kappa shape index (κ1) is 18.4. The Morgan fingerprint density at radius 1 is 0.958 bits per heavy atom. The molecule has 0 saturated heterocycles. The van der Waals surface area contributed by atoms with Crippen molar-refractivity contribution in [2.45, 2.75) is 11.8 Å². The van der Waals surface area contributed by atoms with E-state index in [1.165, 1.54) is 16.4 Å². The number of hydrogen-bond acceptors (Lipinski definition) is 4. The zero-order chi connectivity index (χ0) is 17.8. The second-order valence-corrected chi connectivity index (χ2v) is 9.06. The molecule has 0 amide bonds. The fourth-order valence-electron chi connectivity index (χ4n) is 2.23. The van der Waals surface area contributed by atoms with Crippen molar-refractivity contribution in [3.05, 3.63) is 60.2 Å². The molecule has 0 radical (unpaired) electrons. The lowest BCUT2D eigenvalue weighted by molar-refractivity contribution is 0.578. The summed E-state index contributed by atoms with van der Waals surface area (Å²) in [6.07, 6.45) is 1.10. The summed E-state index contributed by atoms with van der Waals surface area (Å²) in [6, 6.07) is 15.0. The molecule has 2 aromatic carbocycles. The quantitative estimate of drug-likeness (QED) is 0.807. The van der Waals surface area contributed by atoms with E-state index in [1.807, 2.05) is 13.0 Å². The molecular weight excluding hydrogens is 348 g/mol. The highest BCUT2D eigenvalue weighted by Crippen LogP contribution is 2.18. The Morgan fingerprint density at radius 2 is 1.62 bits per heavy atom. The molecule has 2 aromatic rings. The number of anilines is 1. The van der Waals surface area contributed by atoms with Crippen LogP contribution < -0.4 is 9.03 Å². The Hall–Kier alpha value is -1.90. The van der Waals surface area contributed by atoms with Gasteiger partial charge in [0.15, 0.2) is 0 Å². The molecular formula is C16H20N2O4S2. The minimum atomic E-state index is -3.66. The van der Waals surface area contributed by atoms with E-state index in [0.717, 1.165) is 11.8 Å². The van der Waals surface area contributed by atoms with Gasteiger partial charge in [0.25, 0.3) is 0 Å². The molecule has 0 aromatic heterocycles. The van der Waals surface area contributed by atoms with Crippen molar-refractivity contribution in [3.8, 4) is 0 Å². The van der Waals surface area contributed by atoms with Gasteiger partial charge in [-0.3, -0.25) is 4.31 Å².